The average molecular weight is 690 g/mol. The van der Waals surface area contributed by atoms with E-state index < -0.39 is 29.4 Å². The molecule has 2 heterocycles. The lowest BCUT2D eigenvalue weighted by atomic mass is 9.81. The number of carbonyl (C=O) groups excluding carboxylic acids is 4. The van der Waals surface area contributed by atoms with E-state index in [9.17, 15) is 29.1 Å². The van der Waals surface area contributed by atoms with Gasteiger partial charge in [0.25, 0.3) is 0 Å². The maximum atomic E-state index is 14.2. The minimum atomic E-state index is -1.38. The van der Waals surface area contributed by atoms with Crippen molar-refractivity contribution in [3.8, 4) is 0 Å². The van der Waals surface area contributed by atoms with Gasteiger partial charge in [0.15, 0.2) is 5.78 Å². The van der Waals surface area contributed by atoms with Gasteiger partial charge in [0.05, 0.1) is 6.04 Å². The van der Waals surface area contributed by atoms with E-state index in [-0.39, 0.29) is 74.1 Å². The van der Waals surface area contributed by atoms with Crippen molar-refractivity contribution in [3.63, 3.8) is 0 Å². The summed E-state index contributed by atoms with van der Waals surface area (Å²) in [7, 11) is 0. The van der Waals surface area contributed by atoms with Crippen molar-refractivity contribution in [2.24, 2.45) is 29.2 Å². The number of fused-ring (bicyclic) bond motifs is 1. The van der Waals surface area contributed by atoms with Crippen LogP contribution in [-0.4, -0.2) is 76.6 Å². The second-order valence-electron chi connectivity index (χ2n) is 14.6. The van der Waals surface area contributed by atoms with Gasteiger partial charge in [-0.25, -0.2) is 0 Å². The van der Waals surface area contributed by atoms with Gasteiger partial charge in [-0.15, -0.1) is 0 Å². The zero-order valence-corrected chi connectivity index (χ0v) is 29.6. The summed E-state index contributed by atoms with van der Waals surface area (Å²) in [6.45, 7) is 5.37. The number of nitrogens with zero attached hydrogens (tertiary/aromatic N) is 1. The van der Waals surface area contributed by atoms with E-state index in [0.29, 0.717) is 51.6 Å². The van der Waals surface area contributed by atoms with Crippen molar-refractivity contribution < 1.29 is 29.1 Å². The van der Waals surface area contributed by atoms with E-state index in [1.165, 1.54) is 5.56 Å². The normalized spacial score (nSPS) is 18.8. The summed E-state index contributed by atoms with van der Waals surface area (Å²) in [6, 6.07) is 16.4. The molecule has 272 valence electrons. The molecular formula is C39H55N5O6. The molecule has 0 spiro atoms. The summed E-state index contributed by atoms with van der Waals surface area (Å²) in [5, 5.41) is 15.8. The van der Waals surface area contributed by atoms with Crippen molar-refractivity contribution >= 4 is 29.4 Å². The van der Waals surface area contributed by atoms with Crippen LogP contribution in [0.1, 0.15) is 81.9 Å². The number of aliphatic carboxylic acids is 1. The molecule has 0 aromatic heterocycles. The van der Waals surface area contributed by atoms with E-state index >= 15 is 0 Å². The molecule has 4 rings (SSSR count). The van der Waals surface area contributed by atoms with Gasteiger partial charge in [-0.3, -0.25) is 24.0 Å². The number of unbranched alkanes of at least 4 members (excludes halogenated alkanes) is 1. The second-order valence-corrected chi connectivity index (χ2v) is 14.6. The van der Waals surface area contributed by atoms with E-state index in [1.54, 1.807) is 4.90 Å². The largest absolute Gasteiger partial charge is 0.480 e. The van der Waals surface area contributed by atoms with E-state index in [2.05, 4.69) is 16.7 Å². The van der Waals surface area contributed by atoms with Gasteiger partial charge in [-0.05, 0) is 80.5 Å². The molecule has 4 atom stereocenters. The molecule has 11 nitrogen and oxygen atoms in total. The number of hydrogen-bond donors (Lipinski definition) is 5. The maximum absolute atomic E-state index is 14.2. The Balaban J connectivity index is 1.48. The van der Waals surface area contributed by atoms with Crippen molar-refractivity contribution in [1.29, 1.82) is 0 Å². The number of hydrogen-bond acceptors (Lipinski definition) is 8. The summed E-state index contributed by atoms with van der Waals surface area (Å²) in [6.07, 6.45) is 3.31. The highest BCUT2D eigenvalue weighted by Gasteiger charge is 2.40. The first-order chi connectivity index (χ1) is 23.9. The number of amides is 2. The lowest BCUT2D eigenvalue weighted by Gasteiger charge is -2.38. The lowest BCUT2D eigenvalue weighted by molar-refractivity contribution is -0.148. The second kappa shape index (κ2) is 18.3. The number of likely N-dealkylation sites (tertiary alicyclic amines) is 1. The highest BCUT2D eigenvalue weighted by molar-refractivity contribution is 5.94. The number of Topliss-reactive ketones (excluding diaryl/α,β-unsaturated/α-hetero) is 2. The molecule has 2 aliphatic heterocycles. The molecule has 2 aliphatic rings. The van der Waals surface area contributed by atoms with Gasteiger partial charge in [0, 0.05) is 44.3 Å². The predicted octanol–water partition coefficient (Wildman–Crippen LogP) is 3.16. The number of carboxylic acids is 1. The SMILES string of the molecule is CC(C)C[C@@H](CC(=O)[C@H](CC(=O)[C@H]1Cc2ccccc2CN1)Cc1ccccc1)C(=O)N[C@H](CCCCN)C(=O)N1CCC(N)(C(=O)O)CC1. The molecule has 1 saturated heterocycles. The first-order valence-corrected chi connectivity index (χ1v) is 18.1. The van der Waals surface area contributed by atoms with Gasteiger partial charge in [-0.2, -0.15) is 0 Å². The molecule has 0 unspecified atom stereocenters. The maximum Gasteiger partial charge on any atom is 0.323 e. The molecule has 7 N–H and O–H groups in total. The number of carbonyl (C=O) groups is 5. The molecular weight excluding hydrogens is 634 g/mol. The van der Waals surface area contributed by atoms with E-state index in [1.807, 2.05) is 62.4 Å². The molecule has 0 aliphatic carbocycles. The molecule has 50 heavy (non-hydrogen) atoms. The Morgan fingerprint density at radius 3 is 2.24 bits per heavy atom. The molecule has 0 radical (unpaired) electrons. The minimum absolute atomic E-state index is 0.0184. The summed E-state index contributed by atoms with van der Waals surface area (Å²) in [5.74, 6) is -3.11. The lowest BCUT2D eigenvalue weighted by Crippen LogP contribution is -2.59. The topological polar surface area (TPSA) is 185 Å². The molecule has 2 amide bonds. The number of nitrogens with two attached hydrogens (primary N) is 2. The standard InChI is InChI=1S/C39H55N5O6/c1-26(2)20-31(36(47)43-32(14-8-9-17-40)37(48)44-18-15-39(41,16-19-44)38(49)50)24-34(45)30(21-27-10-4-3-5-11-27)23-35(46)33-22-28-12-6-7-13-29(28)25-42-33/h3-7,10-13,26,30-33,42H,8-9,14-25,40-41H2,1-2H3,(H,43,47)(H,49,50)/t30-,31-,32+,33+/m0/s1. The van der Waals surface area contributed by atoms with Crippen molar-refractivity contribution in [3.05, 3.63) is 71.3 Å². The zero-order valence-electron chi connectivity index (χ0n) is 29.6. The molecule has 11 heteroatoms. The quantitative estimate of drug-likeness (QED) is 0.147. The summed E-state index contributed by atoms with van der Waals surface area (Å²) >= 11 is 0. The summed E-state index contributed by atoms with van der Waals surface area (Å²) in [5.41, 5.74) is 13.6. The Kier molecular flexibility index (Phi) is 14.3. The highest BCUT2D eigenvalue weighted by Crippen LogP contribution is 2.26. The van der Waals surface area contributed by atoms with Crippen LogP contribution >= 0.6 is 0 Å². The van der Waals surface area contributed by atoms with E-state index in [0.717, 1.165) is 11.1 Å². The van der Waals surface area contributed by atoms with Crippen LogP contribution in [0.15, 0.2) is 54.6 Å². The number of piperidine rings is 1. The number of rotatable bonds is 18. The van der Waals surface area contributed by atoms with Crippen molar-refractivity contribution in [1.82, 2.24) is 15.5 Å². The molecule has 2 aromatic carbocycles. The summed E-state index contributed by atoms with van der Waals surface area (Å²) in [4.78, 5) is 68.8. The van der Waals surface area contributed by atoms with Crippen LogP contribution < -0.4 is 22.1 Å². The van der Waals surface area contributed by atoms with Gasteiger partial charge in [0.1, 0.15) is 17.4 Å². The highest BCUT2D eigenvalue weighted by atomic mass is 16.4. The number of ketones is 2. The summed E-state index contributed by atoms with van der Waals surface area (Å²) < 4.78 is 0. The monoisotopic (exact) mass is 689 g/mol. The Bertz CT molecular complexity index is 1470. The van der Waals surface area contributed by atoms with Crippen molar-refractivity contribution in [2.75, 3.05) is 19.6 Å². The van der Waals surface area contributed by atoms with E-state index in [4.69, 9.17) is 11.5 Å². The molecule has 0 bridgehead atoms. The van der Waals surface area contributed by atoms with Crippen LogP contribution in [0.4, 0.5) is 0 Å². The van der Waals surface area contributed by atoms with Crippen LogP contribution in [0.5, 0.6) is 0 Å². The smallest absolute Gasteiger partial charge is 0.323 e. The van der Waals surface area contributed by atoms with Crippen LogP contribution in [0.2, 0.25) is 0 Å². The van der Waals surface area contributed by atoms with Crippen LogP contribution in [0.3, 0.4) is 0 Å². The van der Waals surface area contributed by atoms with Gasteiger partial charge in [-0.1, -0.05) is 68.4 Å². The van der Waals surface area contributed by atoms with Crippen molar-refractivity contribution in [2.45, 2.75) is 102 Å². The predicted molar refractivity (Wildman–Crippen MR) is 192 cm³/mol. The fourth-order valence-electron chi connectivity index (χ4n) is 7.13. The fourth-order valence-corrected chi connectivity index (χ4v) is 7.13. The third-order valence-corrected chi connectivity index (χ3v) is 10.2. The minimum Gasteiger partial charge on any atom is -0.480 e. The third kappa shape index (κ3) is 10.8. The zero-order chi connectivity index (χ0) is 36.3. The first kappa shape index (κ1) is 38.9. The number of benzene rings is 2. The molecule has 2 aromatic rings. The Morgan fingerprint density at radius 1 is 0.940 bits per heavy atom. The van der Waals surface area contributed by atoms with Gasteiger partial charge in [0.2, 0.25) is 11.8 Å². The Hall–Kier alpha value is -3.93. The van der Waals surface area contributed by atoms with Gasteiger partial charge < -0.3 is 32.1 Å². The van der Waals surface area contributed by atoms with Crippen LogP contribution in [0.25, 0.3) is 0 Å². The van der Waals surface area contributed by atoms with Crippen LogP contribution in [0, 0.1) is 17.8 Å². The third-order valence-electron chi connectivity index (χ3n) is 10.2. The fraction of sp³-hybridized carbons (Fsp3) is 0.564. The molecule has 1 fully saturated rings. The van der Waals surface area contributed by atoms with Gasteiger partial charge >= 0.3 is 5.97 Å². The molecule has 0 saturated carbocycles. The number of carboxylic acid groups (broad SMARTS) is 1. The first-order valence-electron chi connectivity index (χ1n) is 18.1. The average Bonchev–Trinajstić information content (AvgIpc) is 3.10. The Labute approximate surface area is 295 Å². The number of nitrogens with one attached hydrogen (secondary N) is 2. The Morgan fingerprint density at radius 2 is 1.60 bits per heavy atom. The van der Waals surface area contributed by atoms with Crippen LogP contribution in [-0.2, 0) is 43.4 Å².